The number of aromatic amines is 3. The third-order valence-corrected chi connectivity index (χ3v) is 5.35. The highest BCUT2D eigenvalue weighted by Crippen LogP contribution is 2.23. The van der Waals surface area contributed by atoms with Crippen molar-refractivity contribution in [3.8, 4) is 11.3 Å². The first-order valence-electron chi connectivity index (χ1n) is 9.96. The molecule has 8 heteroatoms. The van der Waals surface area contributed by atoms with Crippen LogP contribution in [0, 0.1) is 13.8 Å². The number of hydrogen-bond donors (Lipinski definition) is 4. The highest BCUT2D eigenvalue weighted by atomic mass is 16.1. The lowest BCUT2D eigenvalue weighted by Gasteiger charge is -2.07. The summed E-state index contributed by atoms with van der Waals surface area (Å²) in [7, 11) is 0. The fourth-order valence-corrected chi connectivity index (χ4v) is 3.73. The molecule has 0 aliphatic rings. The Morgan fingerprint density at radius 2 is 1.87 bits per heavy atom. The van der Waals surface area contributed by atoms with Gasteiger partial charge in [0.05, 0.1) is 17.0 Å². The molecule has 0 amide bonds. The molecule has 0 bridgehead atoms. The molecule has 4 aromatic rings. The van der Waals surface area contributed by atoms with Crippen LogP contribution >= 0.6 is 0 Å². The van der Waals surface area contributed by atoms with E-state index in [1.54, 1.807) is 18.6 Å². The molecule has 0 saturated heterocycles. The van der Waals surface area contributed by atoms with Crippen LogP contribution in [-0.2, 0) is 19.4 Å². The minimum absolute atomic E-state index is 0.197. The molecule has 0 spiro atoms. The average Bonchev–Trinajstić information content (AvgIpc) is 3.30. The first-order valence-corrected chi connectivity index (χ1v) is 9.96. The average molecular weight is 403 g/mol. The van der Waals surface area contributed by atoms with E-state index in [0.29, 0.717) is 17.7 Å². The van der Waals surface area contributed by atoms with Crippen molar-refractivity contribution in [2.45, 2.75) is 33.2 Å². The minimum Gasteiger partial charge on any atom is -0.362 e. The Labute approximate surface area is 174 Å². The largest absolute Gasteiger partial charge is 0.362 e. The predicted molar refractivity (Wildman–Crippen MR) is 115 cm³/mol. The molecule has 30 heavy (non-hydrogen) atoms. The highest BCUT2D eigenvalue weighted by molar-refractivity contribution is 5.60. The van der Waals surface area contributed by atoms with Crippen molar-refractivity contribution in [3.63, 3.8) is 0 Å². The molecule has 0 aromatic carbocycles. The zero-order valence-electron chi connectivity index (χ0n) is 17.1. The topological polar surface area (TPSA) is 115 Å². The van der Waals surface area contributed by atoms with Gasteiger partial charge < -0.3 is 15.4 Å². The van der Waals surface area contributed by atoms with Gasteiger partial charge in [0, 0.05) is 55.3 Å². The van der Waals surface area contributed by atoms with Gasteiger partial charge >= 0.3 is 0 Å². The standard InChI is InChI=1S/C22H25N7O/c1-14-17(5-8-24-12-16-3-6-23-7-4-16)15(2)28-19(14)11-20-21(26-10-9-25-20)18-13-27-29-22(18)30/h3-4,6-7,9-10,13,24,28H,5,8,11-12H2,1-2H3,(H2,27,29,30). The van der Waals surface area contributed by atoms with Gasteiger partial charge in [0.1, 0.15) is 0 Å². The van der Waals surface area contributed by atoms with E-state index in [1.165, 1.54) is 16.7 Å². The Morgan fingerprint density at radius 3 is 2.63 bits per heavy atom. The van der Waals surface area contributed by atoms with Crippen LogP contribution < -0.4 is 10.9 Å². The van der Waals surface area contributed by atoms with Crippen LogP contribution in [0.15, 0.2) is 47.9 Å². The summed E-state index contributed by atoms with van der Waals surface area (Å²) >= 11 is 0. The van der Waals surface area contributed by atoms with Crippen molar-refractivity contribution in [2.24, 2.45) is 0 Å². The van der Waals surface area contributed by atoms with Crippen LogP contribution in [0.5, 0.6) is 0 Å². The SMILES string of the molecule is Cc1[nH]c(Cc2nccnc2-c2c[nH][nH]c2=O)c(C)c1CCNCc1ccncc1. The molecule has 8 nitrogen and oxygen atoms in total. The fourth-order valence-electron chi connectivity index (χ4n) is 3.73. The molecule has 0 radical (unpaired) electrons. The van der Waals surface area contributed by atoms with Gasteiger partial charge in [0.2, 0.25) is 0 Å². The summed E-state index contributed by atoms with van der Waals surface area (Å²) in [5, 5.41) is 8.78. The molecule has 154 valence electrons. The molecule has 0 unspecified atom stereocenters. The second kappa shape index (κ2) is 8.87. The molecule has 0 saturated carbocycles. The van der Waals surface area contributed by atoms with Gasteiger partial charge in [-0.3, -0.25) is 24.8 Å². The number of H-pyrrole nitrogens is 3. The lowest BCUT2D eigenvalue weighted by molar-refractivity contribution is 0.684. The molecule has 0 fully saturated rings. The molecule has 4 aromatic heterocycles. The van der Waals surface area contributed by atoms with E-state index >= 15 is 0 Å². The molecular weight excluding hydrogens is 378 g/mol. The maximum atomic E-state index is 12.0. The van der Waals surface area contributed by atoms with Gasteiger partial charge in [-0.25, -0.2) is 0 Å². The van der Waals surface area contributed by atoms with E-state index in [4.69, 9.17) is 0 Å². The maximum absolute atomic E-state index is 12.0. The summed E-state index contributed by atoms with van der Waals surface area (Å²) in [5.41, 5.74) is 7.72. The van der Waals surface area contributed by atoms with E-state index in [0.717, 1.165) is 36.6 Å². The van der Waals surface area contributed by atoms with Gasteiger partial charge in [-0.1, -0.05) is 0 Å². The van der Waals surface area contributed by atoms with Crippen molar-refractivity contribution in [2.75, 3.05) is 6.54 Å². The van der Waals surface area contributed by atoms with Gasteiger partial charge in [0.25, 0.3) is 5.56 Å². The Bertz CT molecular complexity index is 1170. The molecule has 0 aliphatic heterocycles. The number of aromatic nitrogens is 6. The monoisotopic (exact) mass is 403 g/mol. The Kier molecular flexibility index (Phi) is 5.85. The number of hydrogen-bond acceptors (Lipinski definition) is 5. The number of aryl methyl sites for hydroxylation is 1. The van der Waals surface area contributed by atoms with Gasteiger partial charge in [0.15, 0.2) is 0 Å². The fraction of sp³-hybridized carbons (Fsp3) is 0.273. The summed E-state index contributed by atoms with van der Waals surface area (Å²) < 4.78 is 0. The van der Waals surface area contributed by atoms with E-state index in [-0.39, 0.29) is 5.56 Å². The van der Waals surface area contributed by atoms with Crippen molar-refractivity contribution >= 4 is 0 Å². The van der Waals surface area contributed by atoms with Crippen molar-refractivity contribution in [1.82, 2.24) is 35.5 Å². The first-order chi connectivity index (χ1) is 14.6. The summed E-state index contributed by atoms with van der Waals surface area (Å²) in [4.78, 5) is 28.5. The molecule has 4 rings (SSSR count). The number of nitrogens with zero attached hydrogens (tertiary/aromatic N) is 3. The Balaban J connectivity index is 1.47. The maximum Gasteiger partial charge on any atom is 0.273 e. The smallest absolute Gasteiger partial charge is 0.273 e. The van der Waals surface area contributed by atoms with Gasteiger partial charge in [-0.2, -0.15) is 0 Å². The molecule has 0 aliphatic carbocycles. The van der Waals surface area contributed by atoms with E-state index < -0.39 is 0 Å². The highest BCUT2D eigenvalue weighted by Gasteiger charge is 2.17. The van der Waals surface area contributed by atoms with E-state index in [9.17, 15) is 4.79 Å². The zero-order valence-corrected chi connectivity index (χ0v) is 17.1. The van der Waals surface area contributed by atoms with Crippen LogP contribution in [0.4, 0.5) is 0 Å². The number of rotatable bonds is 8. The molecule has 4 heterocycles. The van der Waals surface area contributed by atoms with Crippen LogP contribution in [-0.4, -0.2) is 36.7 Å². The van der Waals surface area contributed by atoms with Crippen LogP contribution in [0.3, 0.4) is 0 Å². The van der Waals surface area contributed by atoms with E-state index in [2.05, 4.69) is 49.3 Å². The first kappa shape index (κ1) is 19.8. The van der Waals surface area contributed by atoms with Crippen molar-refractivity contribution in [3.05, 3.63) is 87.2 Å². The summed E-state index contributed by atoms with van der Waals surface area (Å²) in [5.74, 6) is 0. The van der Waals surface area contributed by atoms with Gasteiger partial charge in [-0.15, -0.1) is 0 Å². The van der Waals surface area contributed by atoms with Gasteiger partial charge in [-0.05, 0) is 55.6 Å². The second-order valence-corrected chi connectivity index (χ2v) is 7.30. The van der Waals surface area contributed by atoms with Crippen LogP contribution in [0.1, 0.15) is 33.8 Å². The molecule has 0 atom stereocenters. The normalized spacial score (nSPS) is 11.1. The van der Waals surface area contributed by atoms with Crippen molar-refractivity contribution < 1.29 is 0 Å². The lowest BCUT2D eigenvalue weighted by atomic mass is 10.0. The van der Waals surface area contributed by atoms with Crippen LogP contribution in [0.25, 0.3) is 11.3 Å². The van der Waals surface area contributed by atoms with Crippen molar-refractivity contribution in [1.29, 1.82) is 0 Å². The summed E-state index contributed by atoms with van der Waals surface area (Å²) in [6, 6.07) is 4.04. The zero-order chi connectivity index (χ0) is 20.9. The Morgan fingerprint density at radius 1 is 1.07 bits per heavy atom. The third-order valence-electron chi connectivity index (χ3n) is 5.35. The Hall–Kier alpha value is -3.52. The summed E-state index contributed by atoms with van der Waals surface area (Å²) in [6.07, 6.45) is 10.0. The number of nitrogens with one attached hydrogen (secondary N) is 4. The van der Waals surface area contributed by atoms with Crippen LogP contribution in [0.2, 0.25) is 0 Å². The molecular formula is C22H25N7O. The summed E-state index contributed by atoms with van der Waals surface area (Å²) in [6.45, 7) is 5.95. The number of pyridine rings is 1. The van der Waals surface area contributed by atoms with E-state index in [1.807, 2.05) is 24.5 Å². The second-order valence-electron chi connectivity index (χ2n) is 7.30. The predicted octanol–water partition coefficient (Wildman–Crippen LogP) is 2.42. The lowest BCUT2D eigenvalue weighted by Crippen LogP contribution is -2.17. The quantitative estimate of drug-likeness (QED) is 0.337. The third kappa shape index (κ3) is 4.23. The minimum atomic E-state index is -0.197. The molecule has 4 N–H and O–H groups in total.